The van der Waals surface area contributed by atoms with E-state index in [1.54, 1.807) is 48.5 Å². The molecule has 0 atom stereocenters. The third kappa shape index (κ3) is 6.30. The van der Waals surface area contributed by atoms with Gasteiger partial charge in [0.25, 0.3) is 15.7 Å². The molecule has 2 N–H and O–H groups in total. The topological polar surface area (TPSA) is 118 Å². The van der Waals surface area contributed by atoms with E-state index in [1.165, 1.54) is 36.0 Å². The number of carbonyl (C=O) groups is 1. The highest BCUT2D eigenvalue weighted by Gasteiger charge is 2.14. The Morgan fingerprint density at radius 1 is 0.935 bits per heavy atom. The number of nitrogens with one attached hydrogen (secondary N) is 2. The number of amides is 1. The predicted molar refractivity (Wildman–Crippen MR) is 121 cm³/mol. The summed E-state index contributed by atoms with van der Waals surface area (Å²) in [4.78, 5) is 23.2. The number of rotatable bonds is 8. The molecule has 0 saturated heterocycles. The van der Waals surface area contributed by atoms with Gasteiger partial charge < -0.3 is 5.32 Å². The van der Waals surface area contributed by atoms with Crippen molar-refractivity contribution in [2.75, 3.05) is 15.8 Å². The number of nitro benzene ring substituents is 1. The van der Waals surface area contributed by atoms with Crippen LogP contribution < -0.4 is 10.0 Å². The van der Waals surface area contributed by atoms with Gasteiger partial charge in [-0.1, -0.05) is 17.7 Å². The third-order valence-corrected chi connectivity index (χ3v) is 6.58. The number of nitro groups is 1. The maximum absolute atomic E-state index is 12.4. The number of thioether (sulfide) groups is 1. The Morgan fingerprint density at radius 3 is 2.10 bits per heavy atom. The maximum atomic E-state index is 12.4. The van der Waals surface area contributed by atoms with E-state index in [0.29, 0.717) is 11.4 Å². The van der Waals surface area contributed by atoms with Gasteiger partial charge in [0.2, 0.25) is 5.91 Å². The fourth-order valence-corrected chi connectivity index (χ4v) is 4.32. The lowest BCUT2D eigenvalue weighted by molar-refractivity contribution is -0.384. The van der Waals surface area contributed by atoms with Crippen molar-refractivity contribution >= 4 is 44.8 Å². The van der Waals surface area contributed by atoms with Crippen LogP contribution in [0.3, 0.4) is 0 Å². The zero-order chi connectivity index (χ0) is 22.4. The van der Waals surface area contributed by atoms with Crippen LogP contribution in [0.1, 0.15) is 5.56 Å². The summed E-state index contributed by atoms with van der Waals surface area (Å²) in [5.74, 6) is -0.131. The summed E-state index contributed by atoms with van der Waals surface area (Å²) in [6.45, 7) is 1.88. The SMILES string of the molecule is Cc1ccc(S(=O)(=O)Nc2ccc(SCC(=O)Nc3ccc([N+](=O)[O-])cc3)cc2)cc1. The van der Waals surface area contributed by atoms with Gasteiger partial charge in [-0.3, -0.25) is 19.6 Å². The molecular weight excluding hydrogens is 438 g/mol. The Kier molecular flexibility index (Phi) is 6.93. The van der Waals surface area contributed by atoms with Gasteiger partial charge in [-0.25, -0.2) is 8.42 Å². The Balaban J connectivity index is 1.53. The van der Waals surface area contributed by atoms with Gasteiger partial charge >= 0.3 is 0 Å². The molecule has 3 rings (SSSR count). The van der Waals surface area contributed by atoms with Gasteiger partial charge in [0.1, 0.15) is 0 Å². The van der Waals surface area contributed by atoms with E-state index in [-0.39, 0.29) is 22.2 Å². The molecule has 0 bridgehead atoms. The molecule has 0 aromatic heterocycles. The van der Waals surface area contributed by atoms with Crippen molar-refractivity contribution < 1.29 is 18.1 Å². The molecule has 0 fully saturated rings. The molecule has 0 aliphatic rings. The van der Waals surface area contributed by atoms with Gasteiger partial charge in [-0.2, -0.15) is 0 Å². The van der Waals surface area contributed by atoms with E-state index < -0.39 is 14.9 Å². The fraction of sp³-hybridized carbons (Fsp3) is 0.0952. The van der Waals surface area contributed by atoms with Crippen LogP contribution in [0.5, 0.6) is 0 Å². The number of hydrogen-bond donors (Lipinski definition) is 2. The average molecular weight is 458 g/mol. The number of nitrogens with zero attached hydrogens (tertiary/aromatic N) is 1. The normalized spacial score (nSPS) is 11.0. The minimum atomic E-state index is -3.67. The summed E-state index contributed by atoms with van der Waals surface area (Å²) in [5.41, 5.74) is 1.81. The molecule has 0 spiro atoms. The lowest BCUT2D eigenvalue weighted by Gasteiger charge is -2.09. The molecule has 0 saturated carbocycles. The summed E-state index contributed by atoms with van der Waals surface area (Å²) in [7, 11) is -3.67. The van der Waals surface area contributed by atoms with E-state index in [2.05, 4.69) is 10.0 Å². The van der Waals surface area contributed by atoms with E-state index in [4.69, 9.17) is 0 Å². The first kappa shape index (κ1) is 22.3. The highest BCUT2D eigenvalue weighted by Crippen LogP contribution is 2.23. The standard InChI is InChI=1S/C21H19N3O5S2/c1-15-2-12-20(13-3-15)31(28,29)23-17-6-10-19(11-7-17)30-14-21(25)22-16-4-8-18(9-5-16)24(26)27/h2-13,23H,14H2,1H3,(H,22,25). The van der Waals surface area contributed by atoms with Gasteiger partial charge in [-0.15, -0.1) is 11.8 Å². The highest BCUT2D eigenvalue weighted by molar-refractivity contribution is 8.00. The largest absolute Gasteiger partial charge is 0.325 e. The van der Waals surface area contributed by atoms with Crippen LogP contribution in [-0.4, -0.2) is 25.0 Å². The van der Waals surface area contributed by atoms with Gasteiger partial charge in [0, 0.05) is 28.4 Å². The predicted octanol–water partition coefficient (Wildman–Crippen LogP) is 4.43. The Hall–Kier alpha value is -3.37. The minimum absolute atomic E-state index is 0.0505. The zero-order valence-corrected chi connectivity index (χ0v) is 18.1. The van der Waals surface area contributed by atoms with E-state index in [1.807, 2.05) is 6.92 Å². The molecule has 3 aromatic carbocycles. The number of carbonyl (C=O) groups excluding carboxylic acids is 1. The van der Waals surface area contributed by atoms with Crippen molar-refractivity contribution in [3.8, 4) is 0 Å². The lowest BCUT2D eigenvalue weighted by Crippen LogP contribution is -2.14. The second kappa shape index (κ2) is 9.63. The molecule has 0 aliphatic heterocycles. The Bertz CT molecular complexity index is 1180. The molecule has 160 valence electrons. The van der Waals surface area contributed by atoms with Crippen LogP contribution >= 0.6 is 11.8 Å². The second-order valence-corrected chi connectivity index (χ2v) is 9.31. The van der Waals surface area contributed by atoms with Gasteiger partial charge in [-0.05, 0) is 55.5 Å². The molecule has 0 unspecified atom stereocenters. The van der Waals surface area contributed by atoms with Crippen molar-refractivity contribution in [1.82, 2.24) is 0 Å². The Morgan fingerprint density at radius 2 is 1.52 bits per heavy atom. The van der Waals surface area contributed by atoms with E-state index in [9.17, 15) is 23.3 Å². The molecule has 0 heterocycles. The zero-order valence-electron chi connectivity index (χ0n) is 16.4. The molecule has 10 heteroatoms. The van der Waals surface area contributed by atoms with Crippen molar-refractivity contribution in [3.63, 3.8) is 0 Å². The van der Waals surface area contributed by atoms with Crippen LogP contribution in [0.15, 0.2) is 82.6 Å². The van der Waals surface area contributed by atoms with Crippen LogP contribution in [0.2, 0.25) is 0 Å². The second-order valence-electron chi connectivity index (χ2n) is 6.58. The van der Waals surface area contributed by atoms with Crippen LogP contribution in [0.4, 0.5) is 17.1 Å². The Labute approximate surface area is 183 Å². The molecule has 0 aliphatic carbocycles. The van der Waals surface area contributed by atoms with Crippen molar-refractivity contribution in [3.05, 3.63) is 88.5 Å². The van der Waals surface area contributed by atoms with Crippen LogP contribution in [0.25, 0.3) is 0 Å². The number of sulfonamides is 1. The van der Waals surface area contributed by atoms with Crippen LogP contribution in [0, 0.1) is 17.0 Å². The summed E-state index contributed by atoms with van der Waals surface area (Å²) in [6.07, 6.45) is 0. The summed E-state index contributed by atoms with van der Waals surface area (Å²) >= 11 is 1.28. The minimum Gasteiger partial charge on any atom is -0.325 e. The van der Waals surface area contributed by atoms with E-state index in [0.717, 1.165) is 10.5 Å². The number of non-ortho nitro benzene ring substituents is 1. The van der Waals surface area contributed by atoms with Crippen molar-refractivity contribution in [2.45, 2.75) is 16.7 Å². The quantitative estimate of drug-likeness (QED) is 0.293. The van der Waals surface area contributed by atoms with Gasteiger partial charge in [0.15, 0.2) is 0 Å². The highest BCUT2D eigenvalue weighted by atomic mass is 32.2. The van der Waals surface area contributed by atoms with Gasteiger partial charge in [0.05, 0.1) is 15.6 Å². The summed E-state index contributed by atoms with van der Waals surface area (Å²) in [5, 5.41) is 13.3. The molecular formula is C21H19N3O5S2. The number of benzene rings is 3. The first-order valence-electron chi connectivity index (χ1n) is 9.09. The first-order valence-corrected chi connectivity index (χ1v) is 11.6. The summed E-state index contributed by atoms with van der Waals surface area (Å²) in [6, 6.07) is 18.8. The molecule has 1 amide bonds. The monoisotopic (exact) mass is 457 g/mol. The van der Waals surface area contributed by atoms with Crippen molar-refractivity contribution in [2.24, 2.45) is 0 Å². The van der Waals surface area contributed by atoms with Crippen molar-refractivity contribution in [1.29, 1.82) is 0 Å². The number of anilines is 2. The third-order valence-electron chi connectivity index (χ3n) is 4.17. The smallest absolute Gasteiger partial charge is 0.269 e. The van der Waals surface area contributed by atoms with E-state index >= 15 is 0 Å². The molecule has 3 aromatic rings. The molecule has 0 radical (unpaired) electrons. The summed E-state index contributed by atoms with van der Waals surface area (Å²) < 4.78 is 27.4. The number of hydrogen-bond acceptors (Lipinski definition) is 6. The molecule has 31 heavy (non-hydrogen) atoms. The lowest BCUT2D eigenvalue weighted by atomic mass is 10.2. The number of aryl methyl sites for hydroxylation is 1. The van der Waals surface area contributed by atoms with Crippen LogP contribution in [-0.2, 0) is 14.8 Å². The molecule has 8 nitrogen and oxygen atoms in total. The average Bonchev–Trinajstić information content (AvgIpc) is 2.74. The first-order chi connectivity index (χ1) is 14.7. The fourth-order valence-electron chi connectivity index (χ4n) is 2.56. The maximum Gasteiger partial charge on any atom is 0.269 e.